The maximum Gasteiger partial charge on any atom is 0.0897 e. The van der Waals surface area contributed by atoms with Gasteiger partial charge in [-0.05, 0) is 43.4 Å². The van der Waals surface area contributed by atoms with Crippen molar-refractivity contribution in [1.29, 1.82) is 0 Å². The third kappa shape index (κ3) is 4.22. The van der Waals surface area contributed by atoms with Crippen LogP contribution in [0.3, 0.4) is 0 Å². The first-order chi connectivity index (χ1) is 8.47. The quantitative estimate of drug-likeness (QED) is 0.765. The first-order valence-corrected chi connectivity index (χ1v) is 7.50. The molecule has 0 aromatic rings. The molecular formula is C15H29NO2. The van der Waals surface area contributed by atoms with Crippen LogP contribution in [0.2, 0.25) is 0 Å². The lowest BCUT2D eigenvalue weighted by Crippen LogP contribution is -2.35. The molecule has 2 aliphatic rings. The van der Waals surface area contributed by atoms with Crippen LogP contribution in [-0.4, -0.2) is 36.5 Å². The Morgan fingerprint density at radius 3 is 2.44 bits per heavy atom. The second-order valence-electron chi connectivity index (χ2n) is 7.02. The maximum atomic E-state index is 9.89. The lowest BCUT2D eigenvalue weighted by atomic mass is 9.89. The molecule has 3 heteroatoms. The normalized spacial score (nSPS) is 36.3. The molecule has 0 aliphatic heterocycles. The molecule has 0 heterocycles. The zero-order valence-corrected chi connectivity index (χ0v) is 12.1. The molecule has 2 rings (SSSR count). The van der Waals surface area contributed by atoms with Crippen LogP contribution >= 0.6 is 0 Å². The van der Waals surface area contributed by atoms with Crippen molar-refractivity contribution in [3.8, 4) is 0 Å². The van der Waals surface area contributed by atoms with Gasteiger partial charge < -0.3 is 15.2 Å². The molecule has 0 amide bonds. The minimum absolute atomic E-state index is 0.360. The lowest BCUT2D eigenvalue weighted by Gasteiger charge is -2.27. The fraction of sp³-hybridized carbons (Fsp3) is 1.00. The maximum absolute atomic E-state index is 9.89. The summed E-state index contributed by atoms with van der Waals surface area (Å²) >= 11 is 0. The molecule has 0 bridgehead atoms. The first-order valence-electron chi connectivity index (χ1n) is 7.50. The Balaban J connectivity index is 1.53. The molecule has 2 aliphatic carbocycles. The minimum Gasteiger partial charge on any atom is -0.389 e. The summed E-state index contributed by atoms with van der Waals surface area (Å²) in [6, 6.07) is 0.586. The van der Waals surface area contributed by atoms with Crippen LogP contribution < -0.4 is 5.32 Å². The number of hydrogen-bond donors (Lipinski definition) is 2. The summed E-state index contributed by atoms with van der Waals surface area (Å²) in [6.45, 7) is 7.98. The van der Waals surface area contributed by atoms with Gasteiger partial charge in [0.05, 0.1) is 18.8 Å². The third-order valence-corrected chi connectivity index (χ3v) is 4.60. The molecule has 0 saturated heterocycles. The van der Waals surface area contributed by atoms with E-state index in [9.17, 15) is 5.11 Å². The number of ether oxygens (including phenoxy) is 1. The zero-order valence-electron chi connectivity index (χ0n) is 12.1. The van der Waals surface area contributed by atoms with E-state index < -0.39 is 0 Å². The summed E-state index contributed by atoms with van der Waals surface area (Å²) in [4.78, 5) is 0. The monoisotopic (exact) mass is 255 g/mol. The Kier molecular flexibility index (Phi) is 4.68. The highest BCUT2D eigenvalue weighted by molar-refractivity contribution is 5.01. The van der Waals surface area contributed by atoms with Gasteiger partial charge >= 0.3 is 0 Å². The van der Waals surface area contributed by atoms with Gasteiger partial charge in [-0.1, -0.05) is 20.8 Å². The van der Waals surface area contributed by atoms with Crippen molar-refractivity contribution < 1.29 is 9.84 Å². The van der Waals surface area contributed by atoms with Crippen LogP contribution in [0, 0.1) is 11.3 Å². The molecule has 2 saturated carbocycles. The van der Waals surface area contributed by atoms with Gasteiger partial charge in [0, 0.05) is 12.6 Å². The molecule has 0 aromatic heterocycles. The second-order valence-corrected chi connectivity index (χ2v) is 7.02. The topological polar surface area (TPSA) is 41.5 Å². The van der Waals surface area contributed by atoms with E-state index in [0.29, 0.717) is 30.7 Å². The lowest BCUT2D eigenvalue weighted by molar-refractivity contribution is -0.0280. The van der Waals surface area contributed by atoms with Crippen LogP contribution in [0.1, 0.15) is 52.9 Å². The number of nitrogens with one attached hydrogen (secondary N) is 1. The predicted molar refractivity (Wildman–Crippen MR) is 73.6 cm³/mol. The summed E-state index contributed by atoms with van der Waals surface area (Å²) in [7, 11) is 0. The van der Waals surface area contributed by atoms with Crippen molar-refractivity contribution in [1.82, 2.24) is 5.32 Å². The Bertz CT molecular complexity index is 259. The molecule has 0 radical (unpaired) electrons. The Hall–Kier alpha value is -0.120. The predicted octanol–water partition coefficient (Wildman–Crippen LogP) is 2.33. The molecule has 2 atom stereocenters. The Labute approximate surface area is 111 Å². The number of aliphatic hydroxyl groups is 1. The molecular weight excluding hydrogens is 226 g/mol. The van der Waals surface area contributed by atoms with Gasteiger partial charge in [0.25, 0.3) is 0 Å². The molecule has 2 unspecified atom stereocenters. The van der Waals surface area contributed by atoms with Gasteiger partial charge in [0.2, 0.25) is 0 Å². The molecule has 3 nitrogen and oxygen atoms in total. The summed E-state index contributed by atoms with van der Waals surface area (Å²) in [5.74, 6) is 0.855. The van der Waals surface area contributed by atoms with Gasteiger partial charge in [-0.2, -0.15) is 0 Å². The van der Waals surface area contributed by atoms with Crippen molar-refractivity contribution in [2.45, 2.75) is 71.1 Å². The minimum atomic E-state index is -0.360. The third-order valence-electron chi connectivity index (χ3n) is 4.60. The van der Waals surface area contributed by atoms with Crippen molar-refractivity contribution >= 4 is 0 Å². The molecule has 106 valence electrons. The van der Waals surface area contributed by atoms with Crippen molar-refractivity contribution in [2.75, 3.05) is 13.2 Å². The highest BCUT2D eigenvalue weighted by Gasteiger charge is 2.45. The van der Waals surface area contributed by atoms with Crippen LogP contribution in [-0.2, 0) is 4.74 Å². The fourth-order valence-electron chi connectivity index (χ4n) is 2.80. The molecule has 2 N–H and O–H groups in total. The number of rotatable bonds is 6. The van der Waals surface area contributed by atoms with Crippen molar-refractivity contribution in [2.24, 2.45) is 11.3 Å². The van der Waals surface area contributed by atoms with Crippen molar-refractivity contribution in [3.05, 3.63) is 0 Å². The van der Waals surface area contributed by atoms with Gasteiger partial charge in [-0.3, -0.25) is 0 Å². The van der Waals surface area contributed by atoms with Gasteiger partial charge in [-0.25, -0.2) is 0 Å². The van der Waals surface area contributed by atoms with E-state index >= 15 is 0 Å². The molecule has 0 aromatic carbocycles. The highest BCUT2D eigenvalue weighted by atomic mass is 16.5. The van der Waals surface area contributed by atoms with E-state index in [0.717, 1.165) is 18.8 Å². The number of hydrogen-bond acceptors (Lipinski definition) is 3. The smallest absolute Gasteiger partial charge is 0.0897 e. The molecule has 2 fully saturated rings. The highest BCUT2D eigenvalue weighted by Crippen LogP contribution is 2.44. The zero-order chi connectivity index (χ0) is 13.2. The van der Waals surface area contributed by atoms with E-state index in [1.165, 1.54) is 19.3 Å². The summed E-state index contributed by atoms with van der Waals surface area (Å²) in [5.41, 5.74) is 0.431. The van der Waals surface area contributed by atoms with E-state index in [4.69, 9.17) is 4.74 Å². The van der Waals surface area contributed by atoms with Crippen LogP contribution in [0.25, 0.3) is 0 Å². The van der Waals surface area contributed by atoms with Crippen LogP contribution in [0.15, 0.2) is 0 Å². The average molecular weight is 255 g/mol. The van der Waals surface area contributed by atoms with Crippen LogP contribution in [0.5, 0.6) is 0 Å². The Morgan fingerprint density at radius 1 is 1.28 bits per heavy atom. The van der Waals surface area contributed by atoms with Gasteiger partial charge in [-0.15, -0.1) is 0 Å². The second kappa shape index (κ2) is 5.89. The van der Waals surface area contributed by atoms with Gasteiger partial charge in [0.15, 0.2) is 0 Å². The molecule has 18 heavy (non-hydrogen) atoms. The van der Waals surface area contributed by atoms with E-state index in [-0.39, 0.29) is 6.10 Å². The summed E-state index contributed by atoms with van der Waals surface area (Å²) < 4.78 is 5.81. The van der Waals surface area contributed by atoms with Crippen molar-refractivity contribution in [3.63, 3.8) is 0 Å². The summed E-state index contributed by atoms with van der Waals surface area (Å²) in [5, 5.41) is 13.3. The number of aliphatic hydroxyl groups excluding tert-OH is 1. The average Bonchev–Trinajstić information content (AvgIpc) is 2.94. The van der Waals surface area contributed by atoms with E-state index in [1.807, 2.05) is 0 Å². The Morgan fingerprint density at radius 2 is 1.89 bits per heavy atom. The van der Waals surface area contributed by atoms with E-state index in [1.54, 1.807) is 0 Å². The first kappa shape index (κ1) is 14.3. The summed E-state index contributed by atoms with van der Waals surface area (Å²) in [6.07, 6.45) is 6.12. The SMILES string of the molecule is CC1CCC(OCC(O)CNC2CC2(C)C)CC1. The largest absolute Gasteiger partial charge is 0.389 e. The van der Waals surface area contributed by atoms with Gasteiger partial charge in [0.1, 0.15) is 0 Å². The van der Waals surface area contributed by atoms with Crippen LogP contribution in [0.4, 0.5) is 0 Å². The standard InChI is InChI=1S/C15H29NO2/c1-11-4-6-13(7-5-11)18-10-12(17)9-16-14-8-15(14,2)3/h11-14,16-17H,4-10H2,1-3H3. The molecule has 0 spiro atoms. The van der Waals surface area contributed by atoms with E-state index in [2.05, 4.69) is 26.1 Å². The fourth-order valence-corrected chi connectivity index (χ4v) is 2.80.